The van der Waals surface area contributed by atoms with Crippen molar-refractivity contribution in [3.8, 4) is 5.75 Å². The fourth-order valence-electron chi connectivity index (χ4n) is 2.15. The Balaban J connectivity index is 1.79. The first-order chi connectivity index (χ1) is 13.0. The Hall–Kier alpha value is -2.93. The van der Waals surface area contributed by atoms with Gasteiger partial charge in [-0.3, -0.25) is 10.1 Å². The summed E-state index contributed by atoms with van der Waals surface area (Å²) < 4.78 is 10.5. The van der Waals surface area contributed by atoms with E-state index in [1.54, 1.807) is 30.3 Å². The molecule has 0 aliphatic carbocycles. The van der Waals surface area contributed by atoms with Crippen molar-refractivity contribution in [2.45, 2.75) is 20.3 Å². The van der Waals surface area contributed by atoms with Crippen molar-refractivity contribution >= 4 is 34.9 Å². The summed E-state index contributed by atoms with van der Waals surface area (Å²) in [7, 11) is 0. The predicted octanol–water partition coefficient (Wildman–Crippen LogP) is 3.45. The van der Waals surface area contributed by atoms with E-state index >= 15 is 0 Å². The normalized spacial score (nSPS) is 10.0. The zero-order valence-corrected chi connectivity index (χ0v) is 16.1. The summed E-state index contributed by atoms with van der Waals surface area (Å²) in [6.07, 6.45) is 0.771. The molecule has 2 N–H and O–H groups in total. The molecular weight excluding hydrogens is 364 g/mol. The molecule has 0 spiro atoms. The van der Waals surface area contributed by atoms with Crippen LogP contribution in [0.4, 0.5) is 5.69 Å². The highest BCUT2D eigenvalue weighted by molar-refractivity contribution is 7.80. The molecule has 0 heterocycles. The molecular formula is C20H22N2O4S. The van der Waals surface area contributed by atoms with Crippen LogP contribution in [0.15, 0.2) is 48.5 Å². The third-order valence-electron chi connectivity index (χ3n) is 3.43. The Labute approximate surface area is 163 Å². The Bertz CT molecular complexity index is 806. The van der Waals surface area contributed by atoms with Gasteiger partial charge in [0.25, 0.3) is 5.91 Å². The molecule has 2 rings (SSSR count). The molecule has 0 aromatic heterocycles. The molecule has 0 aliphatic heterocycles. The van der Waals surface area contributed by atoms with Gasteiger partial charge in [0.1, 0.15) is 5.75 Å². The third kappa shape index (κ3) is 7.07. The summed E-state index contributed by atoms with van der Waals surface area (Å²) in [4.78, 5) is 23.7. The van der Waals surface area contributed by atoms with Crippen molar-refractivity contribution in [3.63, 3.8) is 0 Å². The SMILES string of the molecule is CCCOC(=O)c1ccc(NC(=S)NC(=O)COc2cccc(C)c2)cc1. The second kappa shape index (κ2) is 10.3. The smallest absolute Gasteiger partial charge is 0.338 e. The van der Waals surface area contributed by atoms with Crippen LogP contribution in [0.2, 0.25) is 0 Å². The zero-order valence-electron chi connectivity index (χ0n) is 15.3. The zero-order chi connectivity index (χ0) is 19.6. The largest absolute Gasteiger partial charge is 0.484 e. The van der Waals surface area contributed by atoms with Crippen molar-refractivity contribution < 1.29 is 19.1 Å². The summed E-state index contributed by atoms with van der Waals surface area (Å²) >= 11 is 5.12. The van der Waals surface area contributed by atoms with Gasteiger partial charge in [0, 0.05) is 5.69 Å². The van der Waals surface area contributed by atoms with Crippen molar-refractivity contribution in [2.24, 2.45) is 0 Å². The lowest BCUT2D eigenvalue weighted by Gasteiger charge is -2.11. The number of aryl methyl sites for hydroxylation is 1. The number of hydrogen-bond donors (Lipinski definition) is 2. The van der Waals surface area contributed by atoms with Gasteiger partial charge >= 0.3 is 5.97 Å². The van der Waals surface area contributed by atoms with Gasteiger partial charge in [0.05, 0.1) is 12.2 Å². The minimum absolute atomic E-state index is 0.145. The van der Waals surface area contributed by atoms with E-state index in [9.17, 15) is 9.59 Å². The molecule has 0 saturated carbocycles. The molecule has 1 amide bonds. The molecule has 142 valence electrons. The fraction of sp³-hybridized carbons (Fsp3) is 0.250. The Morgan fingerprint density at radius 3 is 2.52 bits per heavy atom. The number of esters is 1. The van der Waals surface area contributed by atoms with Crippen LogP contribution in [0.25, 0.3) is 0 Å². The van der Waals surface area contributed by atoms with Gasteiger partial charge in [-0.25, -0.2) is 4.79 Å². The molecule has 0 saturated heterocycles. The lowest BCUT2D eigenvalue weighted by Crippen LogP contribution is -2.37. The number of nitrogens with one attached hydrogen (secondary N) is 2. The lowest BCUT2D eigenvalue weighted by molar-refractivity contribution is -0.121. The number of carbonyl (C=O) groups is 2. The Morgan fingerprint density at radius 2 is 1.85 bits per heavy atom. The molecule has 2 aromatic carbocycles. The number of rotatable bonds is 7. The minimum Gasteiger partial charge on any atom is -0.484 e. The molecule has 2 aromatic rings. The monoisotopic (exact) mass is 386 g/mol. The summed E-state index contributed by atoms with van der Waals surface area (Å²) in [6, 6.07) is 14.1. The summed E-state index contributed by atoms with van der Waals surface area (Å²) in [5.41, 5.74) is 2.15. The molecule has 0 fully saturated rings. The predicted molar refractivity (Wildman–Crippen MR) is 108 cm³/mol. The molecule has 7 heteroatoms. The Kier molecular flexibility index (Phi) is 7.76. The summed E-state index contributed by atoms with van der Waals surface area (Å²) in [5, 5.41) is 5.57. The molecule has 0 radical (unpaired) electrons. The number of anilines is 1. The first-order valence-electron chi connectivity index (χ1n) is 8.55. The maximum atomic E-state index is 11.9. The highest BCUT2D eigenvalue weighted by Crippen LogP contribution is 2.12. The fourth-order valence-corrected chi connectivity index (χ4v) is 2.38. The third-order valence-corrected chi connectivity index (χ3v) is 3.63. The molecule has 6 nitrogen and oxygen atoms in total. The maximum Gasteiger partial charge on any atom is 0.338 e. The minimum atomic E-state index is -0.368. The highest BCUT2D eigenvalue weighted by atomic mass is 32.1. The second-order valence-electron chi connectivity index (χ2n) is 5.82. The second-order valence-corrected chi connectivity index (χ2v) is 6.23. The first-order valence-corrected chi connectivity index (χ1v) is 8.96. The van der Waals surface area contributed by atoms with E-state index in [-0.39, 0.29) is 23.6 Å². The van der Waals surface area contributed by atoms with Crippen LogP contribution in [0.5, 0.6) is 5.75 Å². The van der Waals surface area contributed by atoms with Gasteiger partial charge in [0.15, 0.2) is 11.7 Å². The van der Waals surface area contributed by atoms with E-state index in [1.807, 2.05) is 32.0 Å². The number of ether oxygens (including phenoxy) is 2. The molecule has 0 atom stereocenters. The first kappa shape index (κ1) is 20.4. The average Bonchev–Trinajstić information content (AvgIpc) is 2.65. The highest BCUT2D eigenvalue weighted by Gasteiger charge is 2.08. The van der Waals surface area contributed by atoms with Crippen molar-refractivity contribution in [1.82, 2.24) is 5.32 Å². The van der Waals surface area contributed by atoms with Crippen LogP contribution < -0.4 is 15.4 Å². The van der Waals surface area contributed by atoms with Crippen LogP contribution in [0.1, 0.15) is 29.3 Å². The van der Waals surface area contributed by atoms with Crippen molar-refractivity contribution in [1.29, 1.82) is 0 Å². The topological polar surface area (TPSA) is 76.7 Å². The van der Waals surface area contributed by atoms with Gasteiger partial charge in [-0.05, 0) is 67.5 Å². The van der Waals surface area contributed by atoms with Gasteiger partial charge in [-0.2, -0.15) is 0 Å². The van der Waals surface area contributed by atoms with E-state index in [0.29, 0.717) is 23.6 Å². The van der Waals surface area contributed by atoms with Gasteiger partial charge in [0.2, 0.25) is 0 Å². The molecule has 0 unspecified atom stereocenters. The number of amides is 1. The number of hydrogen-bond acceptors (Lipinski definition) is 5. The van der Waals surface area contributed by atoms with Crippen LogP contribution in [0, 0.1) is 6.92 Å². The van der Waals surface area contributed by atoms with Gasteiger partial charge in [-0.1, -0.05) is 19.1 Å². The standard InChI is InChI=1S/C20H22N2O4S/c1-3-11-25-19(24)15-7-9-16(10-8-15)21-20(27)22-18(23)13-26-17-6-4-5-14(2)12-17/h4-10,12H,3,11,13H2,1-2H3,(H2,21,22,23,27). The molecule has 0 bridgehead atoms. The van der Waals surface area contributed by atoms with Gasteiger partial charge in [-0.15, -0.1) is 0 Å². The van der Waals surface area contributed by atoms with Crippen LogP contribution in [0.3, 0.4) is 0 Å². The van der Waals surface area contributed by atoms with Crippen LogP contribution in [-0.4, -0.2) is 30.2 Å². The number of thiocarbonyl (C=S) groups is 1. The van der Waals surface area contributed by atoms with E-state index in [0.717, 1.165) is 12.0 Å². The van der Waals surface area contributed by atoms with Crippen LogP contribution in [-0.2, 0) is 9.53 Å². The van der Waals surface area contributed by atoms with Crippen molar-refractivity contribution in [3.05, 3.63) is 59.7 Å². The molecule has 27 heavy (non-hydrogen) atoms. The summed E-state index contributed by atoms with van der Waals surface area (Å²) in [6.45, 7) is 4.12. The number of carbonyl (C=O) groups excluding carboxylic acids is 2. The summed E-state index contributed by atoms with van der Waals surface area (Å²) in [5.74, 6) is -0.115. The van der Waals surface area contributed by atoms with E-state index in [4.69, 9.17) is 21.7 Å². The quantitative estimate of drug-likeness (QED) is 0.561. The van der Waals surface area contributed by atoms with Crippen LogP contribution >= 0.6 is 12.2 Å². The van der Waals surface area contributed by atoms with Crippen molar-refractivity contribution in [2.75, 3.05) is 18.5 Å². The molecule has 0 aliphatic rings. The maximum absolute atomic E-state index is 11.9. The number of benzene rings is 2. The van der Waals surface area contributed by atoms with E-state index < -0.39 is 0 Å². The average molecular weight is 386 g/mol. The van der Waals surface area contributed by atoms with Gasteiger partial charge < -0.3 is 14.8 Å². The Morgan fingerprint density at radius 1 is 1.11 bits per heavy atom. The lowest BCUT2D eigenvalue weighted by atomic mass is 10.2. The van der Waals surface area contributed by atoms with E-state index in [2.05, 4.69) is 10.6 Å². The van der Waals surface area contributed by atoms with E-state index in [1.165, 1.54) is 0 Å².